The van der Waals surface area contributed by atoms with Crippen molar-refractivity contribution in [1.29, 1.82) is 0 Å². The van der Waals surface area contributed by atoms with Crippen molar-refractivity contribution in [2.45, 2.75) is 76.7 Å². The zero-order chi connectivity index (χ0) is 15.3. The number of benzene rings is 1. The van der Waals surface area contributed by atoms with Crippen molar-refractivity contribution < 1.29 is 4.74 Å². The third kappa shape index (κ3) is 2.59. The smallest absolute Gasteiger partial charge is 0.122 e. The lowest BCUT2D eigenvalue weighted by atomic mass is 9.64. The Morgan fingerprint density at radius 1 is 1.19 bits per heavy atom. The van der Waals surface area contributed by atoms with Crippen molar-refractivity contribution in [1.82, 2.24) is 0 Å². The van der Waals surface area contributed by atoms with Crippen LogP contribution in [0.4, 0.5) is 0 Å². The first-order valence-corrected chi connectivity index (χ1v) is 8.68. The van der Waals surface area contributed by atoms with Crippen LogP contribution in [0.1, 0.15) is 64.0 Å². The highest BCUT2D eigenvalue weighted by Crippen LogP contribution is 2.57. The van der Waals surface area contributed by atoms with Gasteiger partial charge >= 0.3 is 0 Å². The van der Waals surface area contributed by atoms with E-state index in [1.165, 1.54) is 36.8 Å². The van der Waals surface area contributed by atoms with Gasteiger partial charge in [0.1, 0.15) is 11.9 Å². The summed E-state index contributed by atoms with van der Waals surface area (Å²) in [7, 11) is 0. The van der Waals surface area contributed by atoms with Crippen molar-refractivity contribution in [3.8, 4) is 5.75 Å². The largest absolute Gasteiger partial charge is 0.489 e. The minimum Gasteiger partial charge on any atom is -0.489 e. The zero-order valence-corrected chi connectivity index (χ0v) is 14.5. The Labute approximate surface area is 134 Å². The summed E-state index contributed by atoms with van der Waals surface area (Å²) in [6.07, 6.45) is 6.43. The summed E-state index contributed by atoms with van der Waals surface area (Å²) in [5, 5.41) is 0.319. The average molecular weight is 307 g/mol. The molecule has 1 spiro atoms. The molecule has 0 aromatic heterocycles. The maximum Gasteiger partial charge on any atom is 0.122 e. The van der Waals surface area contributed by atoms with Gasteiger partial charge in [0.05, 0.1) is 0 Å². The van der Waals surface area contributed by atoms with E-state index >= 15 is 0 Å². The molecule has 2 unspecified atom stereocenters. The Morgan fingerprint density at radius 2 is 1.86 bits per heavy atom. The Bertz CT molecular complexity index is 523. The maximum atomic E-state index is 6.52. The van der Waals surface area contributed by atoms with Crippen LogP contribution in [0.15, 0.2) is 18.2 Å². The highest BCUT2D eigenvalue weighted by Gasteiger charge is 2.57. The SMILES string of the molecule is Cc1cc(C(C)(C)C)ccc1OC1CC(Cl)C12CCCC2. The van der Waals surface area contributed by atoms with Crippen molar-refractivity contribution in [3.63, 3.8) is 0 Å². The molecule has 0 heterocycles. The standard InChI is InChI=1S/C19H27ClO/c1-13-11-14(18(2,3)4)7-8-15(13)21-17-12-16(20)19(17)9-5-6-10-19/h7-8,11,16-17H,5-6,9-10,12H2,1-4H3. The second-order valence-corrected chi connectivity index (χ2v) is 8.51. The molecule has 0 N–H and O–H groups in total. The third-order valence-corrected chi connectivity index (χ3v) is 6.14. The number of halogens is 1. The molecule has 0 radical (unpaired) electrons. The molecule has 3 rings (SSSR count). The van der Waals surface area contributed by atoms with Crippen LogP contribution in [0.2, 0.25) is 0 Å². The first-order valence-electron chi connectivity index (χ1n) is 8.25. The molecule has 2 saturated carbocycles. The predicted molar refractivity (Wildman–Crippen MR) is 89.5 cm³/mol. The number of alkyl halides is 1. The lowest BCUT2D eigenvalue weighted by Crippen LogP contribution is -2.55. The normalized spacial score (nSPS) is 27.7. The van der Waals surface area contributed by atoms with Crippen LogP contribution >= 0.6 is 11.6 Å². The average Bonchev–Trinajstić information content (AvgIpc) is 2.91. The highest BCUT2D eigenvalue weighted by atomic mass is 35.5. The minimum absolute atomic E-state index is 0.188. The number of aryl methyl sites for hydroxylation is 1. The summed E-state index contributed by atoms with van der Waals surface area (Å²) in [5.74, 6) is 1.04. The van der Waals surface area contributed by atoms with E-state index in [-0.39, 0.29) is 10.8 Å². The molecule has 2 aliphatic carbocycles. The lowest BCUT2D eigenvalue weighted by molar-refractivity contribution is -0.0359. The molecular formula is C19H27ClO. The van der Waals surface area contributed by atoms with E-state index in [1.54, 1.807) is 0 Å². The van der Waals surface area contributed by atoms with Crippen LogP contribution in [-0.4, -0.2) is 11.5 Å². The molecule has 1 nitrogen and oxygen atoms in total. The first-order chi connectivity index (χ1) is 9.83. The Balaban J connectivity index is 1.77. The van der Waals surface area contributed by atoms with Crippen LogP contribution < -0.4 is 4.74 Å². The summed E-state index contributed by atoms with van der Waals surface area (Å²) in [6, 6.07) is 6.63. The Morgan fingerprint density at radius 3 is 2.38 bits per heavy atom. The van der Waals surface area contributed by atoms with Gasteiger partial charge in [0.25, 0.3) is 0 Å². The summed E-state index contributed by atoms with van der Waals surface area (Å²) < 4.78 is 6.37. The van der Waals surface area contributed by atoms with E-state index in [9.17, 15) is 0 Å². The van der Waals surface area contributed by atoms with Crippen LogP contribution in [0, 0.1) is 12.3 Å². The van der Waals surface area contributed by atoms with Gasteiger partial charge in [-0.2, -0.15) is 0 Å². The molecule has 2 heteroatoms. The van der Waals surface area contributed by atoms with Gasteiger partial charge in [-0.3, -0.25) is 0 Å². The second-order valence-electron chi connectivity index (χ2n) is 7.98. The van der Waals surface area contributed by atoms with Gasteiger partial charge in [0.15, 0.2) is 0 Å². The Hall–Kier alpha value is -0.690. The van der Waals surface area contributed by atoms with Gasteiger partial charge in [-0.25, -0.2) is 0 Å². The van der Waals surface area contributed by atoms with E-state index < -0.39 is 0 Å². The van der Waals surface area contributed by atoms with E-state index in [0.717, 1.165) is 12.2 Å². The van der Waals surface area contributed by atoms with E-state index in [1.807, 2.05) is 0 Å². The fourth-order valence-electron chi connectivity index (χ4n) is 3.93. The quantitative estimate of drug-likeness (QED) is 0.645. The first kappa shape index (κ1) is 15.2. The van der Waals surface area contributed by atoms with Crippen molar-refractivity contribution in [2.24, 2.45) is 5.41 Å². The summed E-state index contributed by atoms with van der Waals surface area (Å²) in [4.78, 5) is 0. The fraction of sp³-hybridized carbons (Fsp3) is 0.684. The molecule has 1 aromatic rings. The van der Waals surface area contributed by atoms with E-state index in [2.05, 4.69) is 45.9 Å². The molecule has 0 saturated heterocycles. The van der Waals surface area contributed by atoms with Gasteiger partial charge in [0.2, 0.25) is 0 Å². The third-order valence-electron chi connectivity index (χ3n) is 5.53. The van der Waals surface area contributed by atoms with E-state index in [0.29, 0.717) is 11.5 Å². The van der Waals surface area contributed by atoms with Crippen molar-refractivity contribution in [3.05, 3.63) is 29.3 Å². The fourth-order valence-corrected chi connectivity index (χ4v) is 4.45. The summed E-state index contributed by atoms with van der Waals surface area (Å²) >= 11 is 6.52. The molecule has 2 fully saturated rings. The molecular weight excluding hydrogens is 280 g/mol. The number of hydrogen-bond acceptors (Lipinski definition) is 1. The molecule has 21 heavy (non-hydrogen) atoms. The monoisotopic (exact) mass is 306 g/mol. The summed E-state index contributed by atoms with van der Waals surface area (Å²) in [5.41, 5.74) is 3.06. The molecule has 2 atom stereocenters. The number of ether oxygens (including phenoxy) is 1. The van der Waals surface area contributed by atoms with Crippen LogP contribution in [0.25, 0.3) is 0 Å². The molecule has 0 aliphatic heterocycles. The molecule has 2 aliphatic rings. The molecule has 116 valence electrons. The highest BCUT2D eigenvalue weighted by molar-refractivity contribution is 6.21. The zero-order valence-electron chi connectivity index (χ0n) is 13.7. The van der Waals surface area contributed by atoms with Crippen molar-refractivity contribution in [2.75, 3.05) is 0 Å². The molecule has 0 bridgehead atoms. The Kier molecular flexibility index (Phi) is 3.76. The van der Waals surface area contributed by atoms with Gasteiger partial charge in [-0.05, 0) is 42.4 Å². The topological polar surface area (TPSA) is 9.23 Å². The number of rotatable bonds is 2. The van der Waals surface area contributed by atoms with Gasteiger partial charge in [-0.1, -0.05) is 45.7 Å². The van der Waals surface area contributed by atoms with Crippen molar-refractivity contribution >= 4 is 11.6 Å². The molecule has 1 aromatic carbocycles. The van der Waals surface area contributed by atoms with Crippen LogP contribution in [0.3, 0.4) is 0 Å². The maximum absolute atomic E-state index is 6.52. The predicted octanol–water partition coefficient (Wildman–Crippen LogP) is 5.61. The minimum atomic E-state index is 0.188. The number of hydrogen-bond donors (Lipinski definition) is 0. The summed E-state index contributed by atoms with van der Waals surface area (Å²) in [6.45, 7) is 8.91. The molecule has 0 amide bonds. The van der Waals surface area contributed by atoms with E-state index in [4.69, 9.17) is 16.3 Å². The van der Waals surface area contributed by atoms with Gasteiger partial charge < -0.3 is 4.74 Å². The van der Waals surface area contributed by atoms with Crippen LogP contribution in [-0.2, 0) is 5.41 Å². The van der Waals surface area contributed by atoms with Gasteiger partial charge in [-0.15, -0.1) is 11.6 Å². The second kappa shape index (κ2) is 5.19. The lowest BCUT2D eigenvalue weighted by Gasteiger charge is -2.51. The van der Waals surface area contributed by atoms with Crippen LogP contribution in [0.5, 0.6) is 5.75 Å². The van der Waals surface area contributed by atoms with Gasteiger partial charge in [0, 0.05) is 17.2 Å².